The highest BCUT2D eigenvalue weighted by Crippen LogP contribution is 2.27. The molecule has 1 aromatic rings. The summed E-state index contributed by atoms with van der Waals surface area (Å²) in [5.41, 5.74) is 1.27. The first-order valence-electron chi connectivity index (χ1n) is 5.14. The molecule has 0 aliphatic rings. The topological polar surface area (TPSA) is 12.9 Å². The van der Waals surface area contributed by atoms with Crippen molar-refractivity contribution >= 4 is 27.5 Å². The van der Waals surface area contributed by atoms with Crippen molar-refractivity contribution in [2.75, 3.05) is 0 Å². The van der Waals surface area contributed by atoms with E-state index in [9.17, 15) is 0 Å². The Balaban J connectivity index is 2.47. The highest BCUT2D eigenvalue weighted by molar-refractivity contribution is 9.10. The average molecular weight is 291 g/mol. The second-order valence-electron chi connectivity index (χ2n) is 4.84. The fourth-order valence-electron chi connectivity index (χ4n) is 1.26. The molecule has 0 saturated carbocycles. The summed E-state index contributed by atoms with van der Waals surface area (Å²) in [6, 6.07) is 4.05. The maximum atomic E-state index is 6.30. The Morgan fingerprint density at radius 1 is 1.40 bits per heavy atom. The Morgan fingerprint density at radius 3 is 2.53 bits per heavy atom. The Bertz CT molecular complexity index is 302. The van der Waals surface area contributed by atoms with Gasteiger partial charge in [-0.15, -0.1) is 11.6 Å². The van der Waals surface area contributed by atoms with Gasteiger partial charge in [0.25, 0.3) is 0 Å². The summed E-state index contributed by atoms with van der Waals surface area (Å²) >= 11 is 9.67. The maximum Gasteiger partial charge on any atom is 0.0413 e. The summed E-state index contributed by atoms with van der Waals surface area (Å²) < 4.78 is 1.02. The van der Waals surface area contributed by atoms with Crippen molar-refractivity contribution in [2.24, 2.45) is 5.41 Å². The van der Waals surface area contributed by atoms with Gasteiger partial charge in [-0.05, 0) is 46.3 Å². The van der Waals surface area contributed by atoms with Gasteiger partial charge in [0.1, 0.15) is 0 Å². The highest BCUT2D eigenvalue weighted by atomic mass is 79.9. The van der Waals surface area contributed by atoms with Gasteiger partial charge in [0.15, 0.2) is 0 Å². The van der Waals surface area contributed by atoms with Crippen molar-refractivity contribution < 1.29 is 0 Å². The van der Waals surface area contributed by atoms with E-state index < -0.39 is 0 Å². The summed E-state index contributed by atoms with van der Waals surface area (Å²) in [5, 5.41) is 0.197. The van der Waals surface area contributed by atoms with Crippen LogP contribution in [0.25, 0.3) is 0 Å². The minimum absolute atomic E-state index is 0.164. The van der Waals surface area contributed by atoms with Crippen LogP contribution in [0.15, 0.2) is 22.8 Å². The van der Waals surface area contributed by atoms with E-state index in [1.165, 1.54) is 0 Å². The van der Waals surface area contributed by atoms with Crippen LogP contribution in [-0.4, -0.2) is 10.4 Å². The van der Waals surface area contributed by atoms with E-state index >= 15 is 0 Å². The maximum absolute atomic E-state index is 6.30. The fraction of sp³-hybridized carbons (Fsp3) is 0.583. The van der Waals surface area contributed by atoms with E-state index in [1.54, 1.807) is 0 Å². The second-order valence-corrected chi connectivity index (χ2v) is 6.28. The molecule has 84 valence electrons. The summed E-state index contributed by atoms with van der Waals surface area (Å²) in [6.45, 7) is 6.50. The number of nitrogens with zero attached hydrogens (tertiary/aromatic N) is 1. The van der Waals surface area contributed by atoms with Crippen LogP contribution in [0.5, 0.6) is 0 Å². The van der Waals surface area contributed by atoms with E-state index in [0.29, 0.717) is 0 Å². The normalized spacial score (nSPS) is 13.9. The smallest absolute Gasteiger partial charge is 0.0413 e. The molecule has 0 aliphatic heterocycles. The van der Waals surface area contributed by atoms with Gasteiger partial charge < -0.3 is 0 Å². The predicted octanol–water partition coefficient (Wildman–Crippen LogP) is 4.43. The Morgan fingerprint density at radius 2 is 2.07 bits per heavy atom. The third-order valence-corrected chi connectivity index (χ3v) is 3.72. The molecule has 1 aromatic heterocycles. The number of pyridine rings is 1. The van der Waals surface area contributed by atoms with Gasteiger partial charge in [-0.1, -0.05) is 20.8 Å². The van der Waals surface area contributed by atoms with Crippen molar-refractivity contribution in [3.05, 3.63) is 28.5 Å². The van der Waals surface area contributed by atoms with Gasteiger partial charge in [0.2, 0.25) is 0 Å². The molecule has 1 unspecified atom stereocenters. The number of alkyl halides is 1. The third-order valence-electron chi connectivity index (χ3n) is 2.38. The van der Waals surface area contributed by atoms with Crippen LogP contribution in [0.1, 0.15) is 32.9 Å². The summed E-state index contributed by atoms with van der Waals surface area (Å²) in [5.74, 6) is 0. The van der Waals surface area contributed by atoms with Gasteiger partial charge in [0, 0.05) is 21.7 Å². The summed E-state index contributed by atoms with van der Waals surface area (Å²) in [7, 11) is 0. The quantitative estimate of drug-likeness (QED) is 0.751. The molecule has 0 bridgehead atoms. The molecule has 0 amide bonds. The lowest BCUT2D eigenvalue weighted by atomic mass is 9.89. The second kappa shape index (κ2) is 5.31. The third kappa shape index (κ3) is 4.52. The molecular formula is C12H17BrClN. The molecule has 0 saturated heterocycles. The minimum Gasteiger partial charge on any atom is -0.260 e. The molecule has 0 fully saturated rings. The van der Waals surface area contributed by atoms with Gasteiger partial charge in [-0.3, -0.25) is 4.98 Å². The van der Waals surface area contributed by atoms with Gasteiger partial charge in [0.05, 0.1) is 0 Å². The molecule has 1 rings (SSSR count). The molecule has 0 radical (unpaired) electrons. The number of hydrogen-bond donors (Lipinski definition) is 0. The van der Waals surface area contributed by atoms with E-state index in [2.05, 4.69) is 41.7 Å². The zero-order valence-corrected chi connectivity index (χ0v) is 11.8. The monoisotopic (exact) mass is 289 g/mol. The molecule has 0 spiro atoms. The SMILES string of the molecule is CC(C)(C)C(Cl)CCc1ccc(Br)cn1. The van der Waals surface area contributed by atoms with E-state index in [4.69, 9.17) is 11.6 Å². The van der Waals surface area contributed by atoms with E-state index in [0.717, 1.165) is 23.0 Å². The molecule has 3 heteroatoms. The van der Waals surface area contributed by atoms with Crippen LogP contribution in [0, 0.1) is 5.41 Å². The summed E-state index contributed by atoms with van der Waals surface area (Å²) in [6.07, 6.45) is 3.74. The van der Waals surface area contributed by atoms with Crippen molar-refractivity contribution in [2.45, 2.75) is 39.0 Å². The van der Waals surface area contributed by atoms with Crippen LogP contribution in [-0.2, 0) is 6.42 Å². The highest BCUT2D eigenvalue weighted by Gasteiger charge is 2.21. The van der Waals surface area contributed by atoms with Crippen LogP contribution >= 0.6 is 27.5 Å². The fourth-order valence-corrected chi connectivity index (χ4v) is 1.61. The number of rotatable bonds is 3. The number of aryl methyl sites for hydroxylation is 1. The lowest BCUT2D eigenvalue weighted by Gasteiger charge is -2.24. The predicted molar refractivity (Wildman–Crippen MR) is 69.4 cm³/mol. The molecule has 0 aromatic carbocycles. The zero-order valence-electron chi connectivity index (χ0n) is 9.43. The minimum atomic E-state index is 0.164. The molecule has 0 N–H and O–H groups in total. The molecule has 15 heavy (non-hydrogen) atoms. The van der Waals surface area contributed by atoms with Crippen LogP contribution < -0.4 is 0 Å². The van der Waals surface area contributed by atoms with Crippen LogP contribution in [0.4, 0.5) is 0 Å². The first-order chi connectivity index (χ1) is 6.89. The molecule has 1 atom stereocenters. The van der Waals surface area contributed by atoms with Crippen molar-refractivity contribution in [3.63, 3.8) is 0 Å². The molecule has 1 heterocycles. The van der Waals surface area contributed by atoms with Gasteiger partial charge in [-0.25, -0.2) is 0 Å². The van der Waals surface area contributed by atoms with Crippen molar-refractivity contribution in [1.82, 2.24) is 4.98 Å². The number of hydrogen-bond acceptors (Lipinski definition) is 1. The Labute approximate surface area is 105 Å². The largest absolute Gasteiger partial charge is 0.260 e. The van der Waals surface area contributed by atoms with E-state index in [-0.39, 0.29) is 10.8 Å². The van der Waals surface area contributed by atoms with Crippen LogP contribution in [0.2, 0.25) is 0 Å². The van der Waals surface area contributed by atoms with Crippen LogP contribution in [0.3, 0.4) is 0 Å². The molecular weight excluding hydrogens is 273 g/mol. The first kappa shape index (κ1) is 13.0. The van der Waals surface area contributed by atoms with Gasteiger partial charge in [-0.2, -0.15) is 0 Å². The first-order valence-corrected chi connectivity index (χ1v) is 6.37. The molecule has 0 aliphatic carbocycles. The number of aromatic nitrogens is 1. The van der Waals surface area contributed by atoms with Gasteiger partial charge >= 0.3 is 0 Å². The van der Waals surface area contributed by atoms with Crippen molar-refractivity contribution in [1.29, 1.82) is 0 Å². The lowest BCUT2D eigenvalue weighted by Crippen LogP contribution is -2.21. The standard InChI is InChI=1S/C12H17BrClN/c1-12(2,3)11(14)7-6-10-5-4-9(13)8-15-10/h4-5,8,11H,6-7H2,1-3H3. The van der Waals surface area contributed by atoms with E-state index in [1.807, 2.05) is 18.3 Å². The Hall–Kier alpha value is -0.0800. The lowest BCUT2D eigenvalue weighted by molar-refractivity contribution is 0.373. The van der Waals surface area contributed by atoms with Crippen molar-refractivity contribution in [3.8, 4) is 0 Å². The Kier molecular flexibility index (Phi) is 4.60. The summed E-state index contributed by atoms with van der Waals surface area (Å²) in [4.78, 5) is 4.33. The molecule has 1 nitrogen and oxygen atoms in total. The number of halogens is 2. The average Bonchev–Trinajstić information content (AvgIpc) is 2.15. The zero-order chi connectivity index (χ0) is 11.5.